The number of carbonyl (C=O) groups excluding carboxylic acids is 2. The number of ether oxygens (including phenoxy) is 2. The van der Waals surface area contributed by atoms with Gasteiger partial charge in [-0.1, -0.05) is 103 Å². The number of hydrogen-bond acceptors (Lipinski definition) is 5. The van der Waals surface area contributed by atoms with E-state index in [9.17, 15) is 9.59 Å². The average Bonchev–Trinajstić information content (AvgIpc) is 3.32. The standard InChI is InChI=1S/C32H28ClNO4/c33-28-16-26(32(36)27-19-34(20-29(27)35)18-23-10-4-1-5-11-23)30(37-21-24-12-6-2-7-13-24)17-31(28)38-22-25-14-8-3-9-15-25/h1-17,27H,18-22H2. The van der Waals surface area contributed by atoms with E-state index in [4.69, 9.17) is 21.1 Å². The molecule has 5 nitrogen and oxygen atoms in total. The highest BCUT2D eigenvalue weighted by Gasteiger charge is 2.37. The molecule has 1 heterocycles. The quantitative estimate of drug-likeness (QED) is 0.177. The van der Waals surface area contributed by atoms with Crippen molar-refractivity contribution in [3.63, 3.8) is 0 Å². The number of ketones is 2. The number of Topliss-reactive ketones (excluding diaryl/α,β-unsaturated/α-hetero) is 2. The highest BCUT2D eigenvalue weighted by Crippen LogP contribution is 2.36. The highest BCUT2D eigenvalue weighted by molar-refractivity contribution is 6.32. The third-order valence-electron chi connectivity index (χ3n) is 6.55. The van der Waals surface area contributed by atoms with Crippen molar-refractivity contribution in [1.29, 1.82) is 0 Å². The van der Waals surface area contributed by atoms with Gasteiger partial charge in [0.05, 0.1) is 23.0 Å². The van der Waals surface area contributed by atoms with Gasteiger partial charge >= 0.3 is 0 Å². The van der Waals surface area contributed by atoms with E-state index in [0.29, 0.717) is 36.2 Å². The third-order valence-corrected chi connectivity index (χ3v) is 6.84. The van der Waals surface area contributed by atoms with Crippen LogP contribution in [0.5, 0.6) is 11.5 Å². The molecule has 192 valence electrons. The van der Waals surface area contributed by atoms with Crippen LogP contribution in [0.15, 0.2) is 103 Å². The maximum absolute atomic E-state index is 13.7. The molecule has 0 bridgehead atoms. The predicted molar refractivity (Wildman–Crippen MR) is 148 cm³/mol. The van der Waals surface area contributed by atoms with E-state index < -0.39 is 5.92 Å². The first kappa shape index (κ1) is 25.7. The molecular weight excluding hydrogens is 498 g/mol. The minimum absolute atomic E-state index is 0.0968. The summed E-state index contributed by atoms with van der Waals surface area (Å²) in [6.07, 6.45) is 0. The Balaban J connectivity index is 1.38. The van der Waals surface area contributed by atoms with Crippen LogP contribution in [0.1, 0.15) is 27.0 Å². The van der Waals surface area contributed by atoms with Gasteiger partial charge in [0.25, 0.3) is 0 Å². The fourth-order valence-corrected chi connectivity index (χ4v) is 4.78. The van der Waals surface area contributed by atoms with E-state index in [1.165, 1.54) is 0 Å². The SMILES string of the molecule is O=C1CN(Cc2ccccc2)CC1C(=O)c1cc(Cl)c(OCc2ccccc2)cc1OCc1ccccc1. The Labute approximate surface area is 227 Å². The van der Waals surface area contributed by atoms with Crippen LogP contribution in [-0.2, 0) is 24.6 Å². The van der Waals surface area contributed by atoms with Gasteiger partial charge in [-0.15, -0.1) is 0 Å². The summed E-state index contributed by atoms with van der Waals surface area (Å²) in [6, 6.07) is 32.6. The van der Waals surface area contributed by atoms with Gasteiger partial charge in [0.2, 0.25) is 0 Å². The summed E-state index contributed by atoms with van der Waals surface area (Å²) in [4.78, 5) is 28.6. The maximum Gasteiger partial charge on any atom is 0.178 e. The molecule has 0 aromatic heterocycles. The Morgan fingerprint density at radius 3 is 1.87 bits per heavy atom. The highest BCUT2D eigenvalue weighted by atomic mass is 35.5. The predicted octanol–water partition coefficient (Wildman–Crippen LogP) is 6.38. The van der Waals surface area contributed by atoms with Gasteiger partial charge in [-0.2, -0.15) is 0 Å². The number of halogens is 1. The molecule has 38 heavy (non-hydrogen) atoms. The zero-order chi connectivity index (χ0) is 26.3. The lowest BCUT2D eigenvalue weighted by molar-refractivity contribution is -0.118. The molecule has 4 aromatic rings. The third kappa shape index (κ3) is 6.31. The van der Waals surface area contributed by atoms with E-state index in [1.807, 2.05) is 95.9 Å². The molecule has 0 radical (unpaired) electrons. The zero-order valence-electron chi connectivity index (χ0n) is 20.9. The van der Waals surface area contributed by atoms with Gasteiger partial charge in [-0.3, -0.25) is 14.5 Å². The molecule has 0 amide bonds. The van der Waals surface area contributed by atoms with E-state index in [1.54, 1.807) is 12.1 Å². The molecule has 0 spiro atoms. The minimum atomic E-state index is -0.773. The lowest BCUT2D eigenvalue weighted by Crippen LogP contribution is -2.24. The molecule has 1 atom stereocenters. The van der Waals surface area contributed by atoms with Crippen molar-refractivity contribution in [3.8, 4) is 11.5 Å². The van der Waals surface area contributed by atoms with Crippen molar-refractivity contribution >= 4 is 23.2 Å². The van der Waals surface area contributed by atoms with E-state index in [-0.39, 0.29) is 30.3 Å². The van der Waals surface area contributed by atoms with E-state index in [2.05, 4.69) is 0 Å². The lowest BCUT2D eigenvalue weighted by atomic mass is 9.95. The number of hydrogen-bond donors (Lipinski definition) is 0. The largest absolute Gasteiger partial charge is 0.488 e. The molecule has 0 aliphatic carbocycles. The number of likely N-dealkylation sites (tertiary alicyclic amines) is 1. The molecule has 1 fully saturated rings. The maximum atomic E-state index is 13.7. The molecule has 1 unspecified atom stereocenters. The van der Waals surface area contributed by atoms with Gasteiger partial charge < -0.3 is 9.47 Å². The van der Waals surface area contributed by atoms with Crippen molar-refractivity contribution in [2.24, 2.45) is 5.92 Å². The summed E-state index contributed by atoms with van der Waals surface area (Å²) in [5, 5.41) is 0.294. The summed E-state index contributed by atoms with van der Waals surface area (Å²) in [7, 11) is 0. The molecule has 4 aromatic carbocycles. The number of nitrogens with zero attached hydrogens (tertiary/aromatic N) is 1. The normalized spacial score (nSPS) is 15.4. The van der Waals surface area contributed by atoms with Crippen LogP contribution in [0.2, 0.25) is 5.02 Å². The summed E-state index contributed by atoms with van der Waals surface area (Å²) >= 11 is 6.58. The summed E-state index contributed by atoms with van der Waals surface area (Å²) in [5.74, 6) is -0.394. The van der Waals surface area contributed by atoms with Crippen LogP contribution < -0.4 is 9.47 Å². The second-order valence-corrected chi connectivity index (χ2v) is 9.77. The molecule has 5 rings (SSSR count). The van der Waals surface area contributed by atoms with Crippen LogP contribution >= 0.6 is 11.6 Å². The van der Waals surface area contributed by atoms with Gasteiger partial charge in [-0.25, -0.2) is 0 Å². The average molecular weight is 526 g/mol. The second-order valence-electron chi connectivity index (χ2n) is 9.37. The minimum Gasteiger partial charge on any atom is -0.488 e. The van der Waals surface area contributed by atoms with Crippen LogP contribution in [0.3, 0.4) is 0 Å². The Morgan fingerprint density at radius 1 is 0.763 bits per heavy atom. The Kier molecular flexibility index (Phi) is 8.17. The molecule has 1 aliphatic rings. The van der Waals surface area contributed by atoms with Crippen LogP contribution in [0.4, 0.5) is 0 Å². The molecular formula is C32H28ClNO4. The van der Waals surface area contributed by atoms with Crippen molar-refractivity contribution in [2.45, 2.75) is 19.8 Å². The Bertz CT molecular complexity index is 1390. The number of carbonyl (C=O) groups is 2. The monoisotopic (exact) mass is 525 g/mol. The lowest BCUT2D eigenvalue weighted by Gasteiger charge is -2.17. The smallest absolute Gasteiger partial charge is 0.178 e. The molecule has 1 aliphatic heterocycles. The van der Waals surface area contributed by atoms with Crippen molar-refractivity contribution < 1.29 is 19.1 Å². The van der Waals surface area contributed by atoms with Gasteiger partial charge in [0.15, 0.2) is 11.6 Å². The van der Waals surface area contributed by atoms with Crippen molar-refractivity contribution in [1.82, 2.24) is 4.90 Å². The number of benzene rings is 4. The van der Waals surface area contributed by atoms with Crippen LogP contribution in [-0.4, -0.2) is 29.6 Å². The Hall–Kier alpha value is -3.93. The second kappa shape index (κ2) is 12.1. The first-order valence-electron chi connectivity index (χ1n) is 12.6. The van der Waals surface area contributed by atoms with Crippen LogP contribution in [0.25, 0.3) is 0 Å². The van der Waals surface area contributed by atoms with Crippen LogP contribution in [0, 0.1) is 5.92 Å². The first-order valence-corrected chi connectivity index (χ1v) is 12.9. The first-order chi connectivity index (χ1) is 18.6. The number of rotatable bonds is 10. The Morgan fingerprint density at radius 2 is 1.29 bits per heavy atom. The molecule has 1 saturated heterocycles. The van der Waals surface area contributed by atoms with Gasteiger partial charge in [-0.05, 0) is 22.8 Å². The van der Waals surface area contributed by atoms with E-state index >= 15 is 0 Å². The molecule has 0 saturated carbocycles. The fraction of sp³-hybridized carbons (Fsp3) is 0.188. The van der Waals surface area contributed by atoms with Crippen molar-refractivity contribution in [3.05, 3.63) is 130 Å². The topological polar surface area (TPSA) is 55.8 Å². The van der Waals surface area contributed by atoms with E-state index in [0.717, 1.165) is 16.7 Å². The zero-order valence-corrected chi connectivity index (χ0v) is 21.6. The van der Waals surface area contributed by atoms with Crippen molar-refractivity contribution in [2.75, 3.05) is 13.1 Å². The molecule has 6 heteroatoms. The van der Waals surface area contributed by atoms with Gasteiger partial charge in [0.1, 0.15) is 24.7 Å². The van der Waals surface area contributed by atoms with Gasteiger partial charge in [0, 0.05) is 19.2 Å². The summed E-state index contributed by atoms with van der Waals surface area (Å²) in [5.41, 5.74) is 3.34. The summed E-state index contributed by atoms with van der Waals surface area (Å²) < 4.78 is 12.1. The summed E-state index contributed by atoms with van der Waals surface area (Å²) in [6.45, 7) is 1.79. The molecule has 0 N–H and O–H groups in total. The fourth-order valence-electron chi connectivity index (χ4n) is 4.56.